The predicted molar refractivity (Wildman–Crippen MR) is 88.4 cm³/mol. The molecule has 3 aromatic rings. The number of anilines is 1. The van der Waals surface area contributed by atoms with Gasteiger partial charge in [-0.1, -0.05) is 24.3 Å². The van der Waals surface area contributed by atoms with Crippen LogP contribution in [0.1, 0.15) is 12.5 Å². The molecule has 116 valence electrons. The van der Waals surface area contributed by atoms with Crippen molar-refractivity contribution in [1.82, 2.24) is 4.98 Å². The van der Waals surface area contributed by atoms with Crippen molar-refractivity contribution in [2.24, 2.45) is 0 Å². The first-order chi connectivity index (χ1) is 11.3. The van der Waals surface area contributed by atoms with Crippen LogP contribution in [-0.4, -0.2) is 24.4 Å². The minimum atomic E-state index is -0.395. The van der Waals surface area contributed by atoms with E-state index in [2.05, 4.69) is 6.07 Å². The van der Waals surface area contributed by atoms with Crippen LogP contribution in [0.15, 0.2) is 42.5 Å². The smallest absolute Gasteiger partial charge is 0.416 e. The number of benzene rings is 2. The molecule has 0 radical (unpaired) electrons. The van der Waals surface area contributed by atoms with Gasteiger partial charge in [-0.3, -0.25) is 4.90 Å². The van der Waals surface area contributed by atoms with E-state index in [1.165, 1.54) is 4.90 Å². The number of hydrogen-bond donors (Lipinski definition) is 0. The monoisotopic (exact) mass is 308 g/mol. The number of ether oxygens (including phenoxy) is 2. The van der Waals surface area contributed by atoms with E-state index in [1.807, 2.05) is 36.4 Å². The molecule has 2 heterocycles. The fourth-order valence-corrected chi connectivity index (χ4v) is 2.95. The van der Waals surface area contributed by atoms with E-state index in [0.717, 1.165) is 33.1 Å². The average Bonchev–Trinajstić information content (AvgIpc) is 2.59. The fraction of sp³-hybridized carbons (Fsp3) is 0.222. The van der Waals surface area contributed by atoms with Gasteiger partial charge in [0.25, 0.3) is 0 Å². The highest BCUT2D eigenvalue weighted by Gasteiger charge is 2.26. The first-order valence-electron chi connectivity index (χ1n) is 7.61. The van der Waals surface area contributed by atoms with Gasteiger partial charge in [0.1, 0.15) is 6.73 Å². The molecular formula is C18H16N2O3. The molecule has 0 unspecified atom stereocenters. The maximum atomic E-state index is 12.1. The maximum Gasteiger partial charge on any atom is 0.416 e. The molecule has 0 spiro atoms. The summed E-state index contributed by atoms with van der Waals surface area (Å²) in [5.41, 5.74) is 3.54. The van der Waals surface area contributed by atoms with E-state index in [-0.39, 0.29) is 6.73 Å². The average molecular weight is 308 g/mol. The van der Waals surface area contributed by atoms with E-state index in [0.29, 0.717) is 13.2 Å². The largest absolute Gasteiger partial charge is 0.449 e. The summed E-state index contributed by atoms with van der Waals surface area (Å²) in [5.74, 6) is 0. The zero-order chi connectivity index (χ0) is 15.8. The molecule has 1 aromatic heterocycles. The van der Waals surface area contributed by atoms with Crippen molar-refractivity contribution in [1.29, 1.82) is 0 Å². The number of hydrogen-bond acceptors (Lipinski definition) is 4. The van der Waals surface area contributed by atoms with Gasteiger partial charge in [0.2, 0.25) is 0 Å². The number of nitrogens with zero attached hydrogens (tertiary/aromatic N) is 2. The highest BCUT2D eigenvalue weighted by Crippen LogP contribution is 2.33. The number of amides is 1. The molecule has 1 amide bonds. The standard InChI is InChI=1S/C18H16N2O3/c1-2-23-18(21)20-11-22-10-14-16(20)8-7-13-9-12-5-3-4-6-15(12)19-17(13)14/h3-9H,2,10-11H2,1H3. The Morgan fingerprint density at radius 2 is 2.13 bits per heavy atom. The van der Waals surface area contributed by atoms with Crippen LogP contribution in [0, 0.1) is 0 Å². The summed E-state index contributed by atoms with van der Waals surface area (Å²) in [6.07, 6.45) is -0.395. The zero-order valence-corrected chi connectivity index (χ0v) is 12.8. The molecule has 1 aliphatic heterocycles. The molecule has 4 rings (SSSR count). The Balaban J connectivity index is 1.91. The van der Waals surface area contributed by atoms with Crippen LogP contribution in [0.5, 0.6) is 0 Å². The van der Waals surface area contributed by atoms with Gasteiger partial charge in [0.15, 0.2) is 0 Å². The molecule has 2 aromatic carbocycles. The molecule has 5 heteroatoms. The van der Waals surface area contributed by atoms with Gasteiger partial charge in [-0.2, -0.15) is 0 Å². The van der Waals surface area contributed by atoms with Crippen molar-refractivity contribution in [2.45, 2.75) is 13.5 Å². The zero-order valence-electron chi connectivity index (χ0n) is 12.8. The third-order valence-corrected chi connectivity index (χ3v) is 4.02. The quantitative estimate of drug-likeness (QED) is 0.641. The van der Waals surface area contributed by atoms with Crippen LogP contribution in [-0.2, 0) is 16.1 Å². The lowest BCUT2D eigenvalue weighted by atomic mass is 10.0. The van der Waals surface area contributed by atoms with Crippen LogP contribution in [0.3, 0.4) is 0 Å². The molecule has 0 saturated heterocycles. The summed E-state index contributed by atoms with van der Waals surface area (Å²) in [4.78, 5) is 18.4. The number of fused-ring (bicyclic) bond motifs is 4. The van der Waals surface area contributed by atoms with Gasteiger partial charge >= 0.3 is 6.09 Å². The summed E-state index contributed by atoms with van der Waals surface area (Å²) < 4.78 is 10.7. The van der Waals surface area contributed by atoms with Crippen molar-refractivity contribution < 1.29 is 14.3 Å². The molecule has 0 fully saturated rings. The third-order valence-electron chi connectivity index (χ3n) is 4.02. The van der Waals surface area contributed by atoms with Crippen molar-refractivity contribution in [2.75, 3.05) is 18.2 Å². The number of rotatable bonds is 1. The van der Waals surface area contributed by atoms with E-state index < -0.39 is 6.09 Å². The second-order valence-electron chi connectivity index (χ2n) is 5.42. The summed E-state index contributed by atoms with van der Waals surface area (Å²) in [6.45, 7) is 2.76. The number of aromatic nitrogens is 1. The minimum Gasteiger partial charge on any atom is -0.449 e. The van der Waals surface area contributed by atoms with Crippen molar-refractivity contribution in [3.8, 4) is 0 Å². The predicted octanol–water partition coefficient (Wildman–Crippen LogP) is 3.84. The number of pyridine rings is 1. The normalized spacial score (nSPS) is 14.0. The Labute approximate surface area is 133 Å². The summed E-state index contributed by atoms with van der Waals surface area (Å²) in [7, 11) is 0. The van der Waals surface area contributed by atoms with Gasteiger partial charge in [-0.15, -0.1) is 0 Å². The number of para-hydroxylation sites is 1. The summed E-state index contributed by atoms with van der Waals surface area (Å²) in [6, 6.07) is 14.0. The lowest BCUT2D eigenvalue weighted by molar-refractivity contribution is 0.0975. The van der Waals surface area contributed by atoms with Gasteiger partial charge in [-0.25, -0.2) is 9.78 Å². The summed E-state index contributed by atoms with van der Waals surface area (Å²) in [5, 5.41) is 2.13. The molecule has 0 aliphatic carbocycles. The number of carbonyl (C=O) groups excluding carboxylic acids is 1. The van der Waals surface area contributed by atoms with Crippen molar-refractivity contribution in [3.63, 3.8) is 0 Å². The molecule has 1 aliphatic rings. The van der Waals surface area contributed by atoms with E-state index in [9.17, 15) is 4.79 Å². The molecule has 0 N–H and O–H groups in total. The highest BCUT2D eigenvalue weighted by molar-refractivity contribution is 5.99. The van der Waals surface area contributed by atoms with E-state index >= 15 is 0 Å². The Bertz CT molecular complexity index is 907. The molecule has 0 atom stereocenters. The molecule has 23 heavy (non-hydrogen) atoms. The fourth-order valence-electron chi connectivity index (χ4n) is 2.95. The summed E-state index contributed by atoms with van der Waals surface area (Å²) >= 11 is 0. The minimum absolute atomic E-state index is 0.199. The second kappa shape index (κ2) is 5.52. The molecule has 0 saturated carbocycles. The Hall–Kier alpha value is -2.66. The van der Waals surface area contributed by atoms with E-state index in [4.69, 9.17) is 14.5 Å². The first kappa shape index (κ1) is 14.0. The highest BCUT2D eigenvalue weighted by atomic mass is 16.6. The maximum absolute atomic E-state index is 12.1. The van der Waals surface area contributed by atoms with Gasteiger partial charge in [0.05, 0.1) is 29.9 Å². The molecular weight excluding hydrogens is 292 g/mol. The van der Waals surface area contributed by atoms with E-state index in [1.54, 1.807) is 6.92 Å². The first-order valence-corrected chi connectivity index (χ1v) is 7.61. The number of carbonyl (C=O) groups is 1. The molecule has 0 bridgehead atoms. The second-order valence-corrected chi connectivity index (χ2v) is 5.42. The van der Waals surface area contributed by atoms with Crippen LogP contribution in [0.4, 0.5) is 10.5 Å². The van der Waals surface area contributed by atoms with Crippen LogP contribution in [0.25, 0.3) is 21.8 Å². The van der Waals surface area contributed by atoms with Crippen molar-refractivity contribution in [3.05, 3.63) is 48.0 Å². The topological polar surface area (TPSA) is 51.7 Å². The molecule has 5 nitrogen and oxygen atoms in total. The van der Waals surface area contributed by atoms with Crippen LogP contribution < -0.4 is 4.90 Å². The van der Waals surface area contributed by atoms with Crippen molar-refractivity contribution >= 4 is 33.6 Å². The Kier molecular flexibility index (Phi) is 3.35. The van der Waals surface area contributed by atoms with Crippen LogP contribution >= 0.6 is 0 Å². The third kappa shape index (κ3) is 2.29. The van der Waals surface area contributed by atoms with Gasteiger partial charge in [-0.05, 0) is 25.1 Å². The lowest BCUT2D eigenvalue weighted by Crippen LogP contribution is -2.37. The van der Waals surface area contributed by atoms with Gasteiger partial charge in [0, 0.05) is 16.3 Å². The lowest BCUT2D eigenvalue weighted by Gasteiger charge is -2.29. The Morgan fingerprint density at radius 1 is 1.26 bits per heavy atom. The van der Waals surface area contributed by atoms with Gasteiger partial charge < -0.3 is 9.47 Å². The Morgan fingerprint density at radius 3 is 3.00 bits per heavy atom. The van der Waals surface area contributed by atoms with Crippen LogP contribution in [0.2, 0.25) is 0 Å². The SMILES string of the molecule is CCOC(=O)N1COCc2c1ccc1cc3ccccc3nc21.